The first-order valence-electron chi connectivity index (χ1n) is 12.8. The van der Waals surface area contributed by atoms with Crippen LogP contribution in [-0.2, 0) is 4.79 Å². The monoisotopic (exact) mass is 557 g/mol. The zero-order valence-electron chi connectivity index (χ0n) is 22.0. The molecule has 3 heterocycles. The molecule has 2 atom stereocenters. The highest BCUT2D eigenvalue weighted by atomic mass is 32.1. The van der Waals surface area contributed by atoms with Crippen molar-refractivity contribution in [3.8, 4) is 5.69 Å². The molecule has 204 valence electrons. The van der Waals surface area contributed by atoms with Crippen LogP contribution >= 0.6 is 12.2 Å². The van der Waals surface area contributed by atoms with Gasteiger partial charge in [0.2, 0.25) is 5.91 Å². The minimum absolute atomic E-state index is 0.0942. The molecule has 0 unspecified atom stereocenters. The van der Waals surface area contributed by atoms with E-state index in [2.05, 4.69) is 26.3 Å². The predicted molar refractivity (Wildman–Crippen MR) is 154 cm³/mol. The summed E-state index contributed by atoms with van der Waals surface area (Å²) in [5.74, 6) is -1.80. The average molecular weight is 558 g/mol. The summed E-state index contributed by atoms with van der Waals surface area (Å²) in [6, 6.07) is 20.0. The maximum absolute atomic E-state index is 14.1. The Balaban J connectivity index is 1.47. The van der Waals surface area contributed by atoms with E-state index < -0.39 is 11.8 Å². The molecule has 0 aliphatic carbocycles. The van der Waals surface area contributed by atoms with Crippen molar-refractivity contribution < 1.29 is 19.1 Å². The van der Waals surface area contributed by atoms with Gasteiger partial charge in [0.05, 0.1) is 29.0 Å². The number of anilines is 1. The molecule has 10 heteroatoms. The maximum Gasteiger partial charge on any atom is 0.335 e. The lowest BCUT2D eigenvalue weighted by Gasteiger charge is -2.28. The van der Waals surface area contributed by atoms with E-state index in [0.29, 0.717) is 11.7 Å². The van der Waals surface area contributed by atoms with Crippen molar-refractivity contribution in [3.63, 3.8) is 0 Å². The van der Waals surface area contributed by atoms with Gasteiger partial charge in [0.25, 0.3) is 0 Å². The van der Waals surface area contributed by atoms with E-state index in [9.17, 15) is 19.1 Å². The molecular formula is C30H28FN5O3S. The van der Waals surface area contributed by atoms with Crippen LogP contribution in [0.1, 0.15) is 51.5 Å². The summed E-state index contributed by atoms with van der Waals surface area (Å²) in [6.07, 6.45) is 1.83. The van der Waals surface area contributed by atoms with Gasteiger partial charge in [0.1, 0.15) is 5.82 Å². The van der Waals surface area contributed by atoms with Crippen LogP contribution < -0.4 is 10.6 Å². The number of nitrogens with zero attached hydrogens (tertiary/aromatic N) is 3. The molecule has 4 aromatic rings. The normalized spacial score (nSPS) is 16.6. The Bertz CT molecular complexity index is 1570. The van der Waals surface area contributed by atoms with Crippen LogP contribution in [0.15, 0.2) is 79.0 Å². The molecule has 0 saturated carbocycles. The predicted octanol–water partition coefficient (Wildman–Crippen LogP) is 5.33. The molecule has 40 heavy (non-hydrogen) atoms. The maximum atomic E-state index is 14.1. The molecule has 0 spiro atoms. The van der Waals surface area contributed by atoms with Gasteiger partial charge in [0.15, 0.2) is 5.11 Å². The van der Waals surface area contributed by atoms with E-state index >= 15 is 0 Å². The number of nitrogens with one attached hydrogen (secondary N) is 2. The van der Waals surface area contributed by atoms with Crippen LogP contribution in [0, 0.1) is 19.7 Å². The molecule has 8 nitrogen and oxygen atoms in total. The molecule has 3 N–H and O–H groups in total. The van der Waals surface area contributed by atoms with Crippen molar-refractivity contribution >= 4 is 34.9 Å². The third kappa shape index (κ3) is 5.30. The van der Waals surface area contributed by atoms with E-state index in [1.807, 2.05) is 36.9 Å². The zero-order chi connectivity index (χ0) is 28.4. The molecule has 5 rings (SSSR count). The summed E-state index contributed by atoms with van der Waals surface area (Å²) in [5, 5.41) is 15.8. The van der Waals surface area contributed by atoms with Gasteiger partial charge < -0.3 is 25.2 Å². The quantitative estimate of drug-likeness (QED) is 0.252. The van der Waals surface area contributed by atoms with Gasteiger partial charge in [-0.3, -0.25) is 9.78 Å². The highest BCUT2D eigenvalue weighted by Crippen LogP contribution is 2.41. The van der Waals surface area contributed by atoms with E-state index in [1.165, 1.54) is 12.1 Å². The zero-order valence-corrected chi connectivity index (χ0v) is 22.8. The summed E-state index contributed by atoms with van der Waals surface area (Å²) in [4.78, 5) is 30.7. The Hall–Kier alpha value is -4.57. The molecule has 1 aliphatic rings. The van der Waals surface area contributed by atoms with Gasteiger partial charge in [-0.25, -0.2) is 9.18 Å². The van der Waals surface area contributed by atoms with Gasteiger partial charge >= 0.3 is 5.97 Å². The number of thiocarbonyl (C=S) groups is 1. The number of aromatic nitrogens is 2. The first-order chi connectivity index (χ1) is 19.2. The number of para-hydroxylation sites is 1. The molecule has 1 saturated heterocycles. The summed E-state index contributed by atoms with van der Waals surface area (Å²) < 4.78 is 16.1. The van der Waals surface area contributed by atoms with E-state index in [-0.39, 0.29) is 35.7 Å². The van der Waals surface area contributed by atoms with Crippen LogP contribution in [0.4, 0.5) is 10.1 Å². The SMILES string of the molecule is Cc1cc([C@H]2[C@H](c3ccccn3)NC(=S)N2CCC(=O)Nc2ccccc2F)c(C)n1-c1ccc(C(=O)O)cc1. The van der Waals surface area contributed by atoms with Gasteiger partial charge in [-0.2, -0.15) is 0 Å². The Labute approximate surface area is 236 Å². The van der Waals surface area contributed by atoms with Crippen molar-refractivity contribution in [1.82, 2.24) is 19.8 Å². The van der Waals surface area contributed by atoms with Crippen LogP contribution in [0.25, 0.3) is 5.69 Å². The van der Waals surface area contributed by atoms with Gasteiger partial charge in [-0.15, -0.1) is 0 Å². The summed E-state index contributed by atoms with van der Waals surface area (Å²) >= 11 is 5.75. The number of carbonyl (C=O) groups is 2. The number of pyridine rings is 1. The summed E-state index contributed by atoms with van der Waals surface area (Å²) in [5.41, 5.74) is 4.91. The number of halogens is 1. The first-order valence-corrected chi connectivity index (χ1v) is 13.2. The number of aromatic carboxylic acids is 1. The smallest absolute Gasteiger partial charge is 0.335 e. The molecule has 1 fully saturated rings. The second-order valence-electron chi connectivity index (χ2n) is 9.61. The lowest BCUT2D eigenvalue weighted by Crippen LogP contribution is -2.33. The van der Waals surface area contributed by atoms with Crippen molar-refractivity contribution in [2.75, 3.05) is 11.9 Å². The lowest BCUT2D eigenvalue weighted by molar-refractivity contribution is -0.116. The van der Waals surface area contributed by atoms with Crippen LogP contribution in [0.5, 0.6) is 0 Å². The first kappa shape index (κ1) is 27.0. The second-order valence-corrected chi connectivity index (χ2v) is 10.00. The minimum Gasteiger partial charge on any atom is -0.478 e. The Morgan fingerprint density at radius 1 is 1.07 bits per heavy atom. The standard InChI is InChI=1S/C30H28FN5O3S/c1-18-17-22(19(2)36(18)21-12-10-20(11-13-21)29(38)39)28-27(25-9-5-6-15-32-25)34-30(40)35(28)16-14-26(37)33-24-8-4-3-7-23(24)31/h3-13,15,17,27-28H,14,16H2,1-2H3,(H,33,37)(H,34,40)(H,38,39)/t27-,28-/m0/s1. The number of carboxylic acid groups (broad SMARTS) is 1. The number of benzene rings is 2. The van der Waals surface area contributed by atoms with Crippen LogP contribution in [-0.4, -0.2) is 43.1 Å². The molecule has 2 aromatic heterocycles. The van der Waals surface area contributed by atoms with Gasteiger partial charge in [-0.05, 0) is 86.2 Å². The number of aryl methyl sites for hydroxylation is 1. The Morgan fingerprint density at radius 3 is 2.48 bits per heavy atom. The Morgan fingerprint density at radius 2 is 1.80 bits per heavy atom. The van der Waals surface area contributed by atoms with Crippen molar-refractivity contribution in [1.29, 1.82) is 0 Å². The molecule has 0 bridgehead atoms. The largest absolute Gasteiger partial charge is 0.478 e. The molecule has 1 amide bonds. The third-order valence-electron chi connectivity index (χ3n) is 7.09. The number of hydrogen-bond acceptors (Lipinski definition) is 4. The molecular weight excluding hydrogens is 529 g/mol. The highest BCUT2D eigenvalue weighted by Gasteiger charge is 2.41. The summed E-state index contributed by atoms with van der Waals surface area (Å²) in [6.45, 7) is 4.30. The summed E-state index contributed by atoms with van der Waals surface area (Å²) in [7, 11) is 0. The minimum atomic E-state index is -0.980. The molecule has 1 aliphatic heterocycles. The second kappa shape index (κ2) is 11.3. The van der Waals surface area contributed by atoms with Crippen molar-refractivity contribution in [2.24, 2.45) is 0 Å². The van der Waals surface area contributed by atoms with E-state index in [1.54, 1.807) is 42.6 Å². The topological polar surface area (TPSA) is 99.5 Å². The number of amides is 1. The number of carbonyl (C=O) groups excluding carboxylic acids is 1. The fourth-order valence-electron chi connectivity index (χ4n) is 5.22. The van der Waals surface area contributed by atoms with Gasteiger partial charge in [0, 0.05) is 36.2 Å². The number of rotatable bonds is 8. The Kier molecular flexibility index (Phi) is 7.61. The van der Waals surface area contributed by atoms with Gasteiger partial charge in [-0.1, -0.05) is 18.2 Å². The fraction of sp³-hybridized carbons (Fsp3) is 0.200. The number of hydrogen-bond donors (Lipinski definition) is 3. The highest BCUT2D eigenvalue weighted by molar-refractivity contribution is 7.80. The van der Waals surface area contributed by atoms with Crippen LogP contribution in [0.3, 0.4) is 0 Å². The van der Waals surface area contributed by atoms with Crippen molar-refractivity contribution in [3.05, 3.63) is 113 Å². The van der Waals surface area contributed by atoms with E-state index in [4.69, 9.17) is 12.2 Å². The number of carboxylic acids is 1. The molecule has 2 aromatic carbocycles. The average Bonchev–Trinajstić information content (AvgIpc) is 3.43. The van der Waals surface area contributed by atoms with Crippen molar-refractivity contribution in [2.45, 2.75) is 32.4 Å². The lowest BCUT2D eigenvalue weighted by atomic mass is 9.96. The van der Waals surface area contributed by atoms with E-state index in [0.717, 1.165) is 28.3 Å². The third-order valence-corrected chi connectivity index (χ3v) is 7.44. The molecule has 0 radical (unpaired) electrons. The fourth-order valence-corrected chi connectivity index (χ4v) is 5.55. The van der Waals surface area contributed by atoms with Crippen LogP contribution in [0.2, 0.25) is 0 Å².